The smallest absolute Gasteiger partial charge is 0.338 e. The predicted molar refractivity (Wildman–Crippen MR) is 111 cm³/mol. The predicted octanol–water partition coefficient (Wildman–Crippen LogP) is 1.96. The molecular formula is C19H20FN3O6S2. The number of halogens is 1. The third-order valence-corrected chi connectivity index (χ3v) is 7.36. The molecule has 166 valence electrons. The maximum atomic E-state index is 14.3. The van der Waals surface area contributed by atoms with Gasteiger partial charge in [0.05, 0.1) is 11.1 Å². The molecule has 0 atom stereocenters. The number of sulfonamides is 1. The number of nitrogens with zero attached hydrogens (tertiary/aromatic N) is 1. The largest absolute Gasteiger partial charge is 0.452 e. The van der Waals surface area contributed by atoms with Gasteiger partial charge < -0.3 is 15.8 Å². The lowest BCUT2D eigenvalue weighted by molar-refractivity contribution is -0.119. The molecule has 0 spiro atoms. The molecule has 2 heterocycles. The highest BCUT2D eigenvalue weighted by atomic mass is 32.2. The molecule has 1 aromatic carbocycles. The molecule has 0 aliphatic carbocycles. The van der Waals surface area contributed by atoms with Gasteiger partial charge in [-0.05, 0) is 42.5 Å². The molecule has 0 unspecified atom stereocenters. The van der Waals surface area contributed by atoms with Crippen molar-refractivity contribution < 1.29 is 31.9 Å². The zero-order valence-corrected chi connectivity index (χ0v) is 17.9. The Labute approximate surface area is 182 Å². The first-order valence-electron chi connectivity index (χ1n) is 9.34. The second-order valence-corrected chi connectivity index (χ2v) is 9.58. The maximum Gasteiger partial charge on any atom is 0.338 e. The van der Waals surface area contributed by atoms with Gasteiger partial charge in [-0.15, -0.1) is 11.3 Å². The van der Waals surface area contributed by atoms with Crippen molar-refractivity contribution in [3.8, 4) is 0 Å². The van der Waals surface area contributed by atoms with Crippen LogP contribution in [-0.4, -0.2) is 50.2 Å². The molecule has 1 fully saturated rings. The van der Waals surface area contributed by atoms with Gasteiger partial charge in [-0.2, -0.15) is 4.31 Å². The second-order valence-electron chi connectivity index (χ2n) is 6.76. The van der Waals surface area contributed by atoms with E-state index in [1.54, 1.807) is 5.38 Å². The number of nitrogens with one attached hydrogen (secondary N) is 1. The number of ether oxygens (including phenoxy) is 1. The Bertz CT molecular complexity index is 1110. The number of anilines is 1. The number of carbonyl (C=O) groups is 3. The number of hydrogen-bond acceptors (Lipinski definition) is 7. The summed E-state index contributed by atoms with van der Waals surface area (Å²) in [7, 11) is -4.10. The summed E-state index contributed by atoms with van der Waals surface area (Å²) in [6.45, 7) is -0.125. The summed E-state index contributed by atoms with van der Waals surface area (Å²) in [5.41, 5.74) is 5.11. The van der Waals surface area contributed by atoms with Crippen LogP contribution >= 0.6 is 11.3 Å². The summed E-state index contributed by atoms with van der Waals surface area (Å²) in [6.07, 6.45) is 2.26. The van der Waals surface area contributed by atoms with Crippen LogP contribution in [0.25, 0.3) is 0 Å². The number of benzene rings is 1. The average molecular weight is 470 g/mol. The molecule has 31 heavy (non-hydrogen) atoms. The van der Waals surface area contributed by atoms with Crippen LogP contribution in [0.4, 0.5) is 9.39 Å². The van der Waals surface area contributed by atoms with Crippen molar-refractivity contribution in [3.05, 3.63) is 46.6 Å². The van der Waals surface area contributed by atoms with Crippen molar-refractivity contribution in [3.63, 3.8) is 0 Å². The lowest BCUT2D eigenvalue weighted by Gasteiger charge is -2.26. The number of carbonyl (C=O) groups excluding carboxylic acids is 3. The second kappa shape index (κ2) is 9.54. The normalized spacial score (nSPS) is 14.7. The van der Waals surface area contributed by atoms with Crippen molar-refractivity contribution >= 4 is 44.1 Å². The minimum atomic E-state index is -4.10. The molecule has 1 aliphatic heterocycles. The molecule has 0 radical (unpaired) electrons. The Hall–Kier alpha value is -2.83. The minimum Gasteiger partial charge on any atom is -0.452 e. The molecule has 1 aromatic heterocycles. The summed E-state index contributed by atoms with van der Waals surface area (Å²) < 4.78 is 45.8. The molecule has 2 aromatic rings. The van der Waals surface area contributed by atoms with Crippen LogP contribution in [-0.2, 0) is 19.6 Å². The van der Waals surface area contributed by atoms with Crippen LogP contribution in [0.1, 0.15) is 40.0 Å². The van der Waals surface area contributed by atoms with Crippen LogP contribution in [0.5, 0.6) is 0 Å². The van der Waals surface area contributed by atoms with Gasteiger partial charge in [-0.1, -0.05) is 6.42 Å². The SMILES string of the molecule is NC(=O)c1ccsc1NC(=O)COC(=O)c1ccc(F)c(S(=O)(=O)N2CCCCC2)c1. The number of rotatable bonds is 7. The zero-order valence-electron chi connectivity index (χ0n) is 16.3. The zero-order chi connectivity index (χ0) is 22.6. The molecule has 9 nitrogen and oxygen atoms in total. The van der Waals surface area contributed by atoms with E-state index in [0.717, 1.165) is 36.0 Å². The van der Waals surface area contributed by atoms with E-state index < -0.39 is 45.1 Å². The summed E-state index contributed by atoms with van der Waals surface area (Å²) in [5, 5.41) is 4.18. The fraction of sp³-hybridized carbons (Fsp3) is 0.316. The Balaban J connectivity index is 1.68. The van der Waals surface area contributed by atoms with E-state index >= 15 is 0 Å². The molecule has 1 saturated heterocycles. The highest BCUT2D eigenvalue weighted by molar-refractivity contribution is 7.89. The van der Waals surface area contributed by atoms with Crippen molar-refractivity contribution in [2.24, 2.45) is 5.73 Å². The Kier molecular flexibility index (Phi) is 7.03. The first kappa shape index (κ1) is 22.8. The van der Waals surface area contributed by atoms with Gasteiger partial charge in [0.25, 0.3) is 11.8 Å². The van der Waals surface area contributed by atoms with Crippen molar-refractivity contribution in [2.45, 2.75) is 24.2 Å². The molecule has 3 N–H and O–H groups in total. The van der Waals surface area contributed by atoms with Crippen LogP contribution in [0, 0.1) is 5.82 Å². The molecule has 1 aliphatic rings. The van der Waals surface area contributed by atoms with Gasteiger partial charge in [0.1, 0.15) is 15.7 Å². The number of esters is 1. The minimum absolute atomic E-state index is 0.121. The molecule has 0 saturated carbocycles. The number of piperidine rings is 1. The van der Waals surface area contributed by atoms with Gasteiger partial charge >= 0.3 is 5.97 Å². The topological polar surface area (TPSA) is 136 Å². The first-order valence-corrected chi connectivity index (χ1v) is 11.7. The Morgan fingerprint density at radius 2 is 1.87 bits per heavy atom. The quantitative estimate of drug-likeness (QED) is 0.595. The van der Waals surface area contributed by atoms with Crippen molar-refractivity contribution in [2.75, 3.05) is 25.0 Å². The van der Waals surface area contributed by atoms with Crippen LogP contribution in [0.3, 0.4) is 0 Å². The third kappa shape index (κ3) is 5.27. The summed E-state index contributed by atoms with van der Waals surface area (Å²) in [5.74, 6) is -3.41. The van der Waals surface area contributed by atoms with E-state index in [2.05, 4.69) is 5.32 Å². The summed E-state index contributed by atoms with van der Waals surface area (Å²) in [6, 6.07) is 4.30. The number of primary amides is 1. The number of nitrogens with two attached hydrogens (primary N) is 1. The first-order chi connectivity index (χ1) is 14.7. The Morgan fingerprint density at radius 1 is 1.16 bits per heavy atom. The van der Waals surface area contributed by atoms with Gasteiger partial charge in [-0.3, -0.25) is 9.59 Å². The molecule has 3 rings (SSSR count). The molecule has 2 amide bonds. The lowest BCUT2D eigenvalue weighted by Crippen LogP contribution is -2.36. The lowest BCUT2D eigenvalue weighted by atomic mass is 10.2. The molecule has 0 bridgehead atoms. The maximum absolute atomic E-state index is 14.3. The summed E-state index contributed by atoms with van der Waals surface area (Å²) in [4.78, 5) is 35.0. The molecule has 12 heteroatoms. The molecular weight excluding hydrogens is 449 g/mol. The Morgan fingerprint density at radius 3 is 2.55 bits per heavy atom. The fourth-order valence-electron chi connectivity index (χ4n) is 3.05. The van der Waals surface area contributed by atoms with Crippen LogP contribution in [0.2, 0.25) is 0 Å². The number of hydrogen-bond donors (Lipinski definition) is 2. The third-order valence-electron chi connectivity index (χ3n) is 4.62. The van der Waals surface area contributed by atoms with Gasteiger partial charge in [0, 0.05) is 13.1 Å². The number of amides is 2. The van der Waals surface area contributed by atoms with Crippen molar-refractivity contribution in [1.82, 2.24) is 4.31 Å². The fourth-order valence-corrected chi connectivity index (χ4v) is 5.47. The number of thiophene rings is 1. The standard InChI is InChI=1S/C19H20FN3O6S2/c20-14-5-4-12(10-15(14)31(27,28)23-7-2-1-3-8-23)19(26)29-11-16(24)22-18-13(17(21)25)6-9-30-18/h4-6,9-10H,1-3,7-8,11H2,(H2,21,25)(H,22,24). The van der Waals surface area contributed by atoms with E-state index in [4.69, 9.17) is 10.5 Å². The van der Waals surface area contributed by atoms with E-state index in [1.807, 2.05) is 0 Å². The highest BCUT2D eigenvalue weighted by Crippen LogP contribution is 2.25. The van der Waals surface area contributed by atoms with E-state index in [9.17, 15) is 27.2 Å². The van der Waals surface area contributed by atoms with E-state index in [0.29, 0.717) is 12.8 Å². The van der Waals surface area contributed by atoms with Crippen LogP contribution < -0.4 is 11.1 Å². The van der Waals surface area contributed by atoms with Gasteiger partial charge in [-0.25, -0.2) is 17.6 Å². The summed E-state index contributed by atoms with van der Waals surface area (Å²) >= 11 is 1.07. The van der Waals surface area contributed by atoms with E-state index in [-0.39, 0.29) is 29.2 Å². The van der Waals surface area contributed by atoms with Gasteiger partial charge in [0.15, 0.2) is 6.61 Å². The van der Waals surface area contributed by atoms with Gasteiger partial charge in [0.2, 0.25) is 10.0 Å². The van der Waals surface area contributed by atoms with Crippen molar-refractivity contribution in [1.29, 1.82) is 0 Å². The highest BCUT2D eigenvalue weighted by Gasteiger charge is 2.29. The average Bonchev–Trinajstić information content (AvgIpc) is 3.21. The monoisotopic (exact) mass is 469 g/mol. The van der Waals surface area contributed by atoms with E-state index in [1.165, 1.54) is 10.4 Å². The van der Waals surface area contributed by atoms with Crippen LogP contribution in [0.15, 0.2) is 34.5 Å².